The van der Waals surface area contributed by atoms with Crippen LogP contribution in [0.3, 0.4) is 0 Å². The Kier molecular flexibility index (Phi) is 7.28. The molecule has 1 aliphatic rings. The molecular formula is C24H25N5O5S. The molecule has 35 heavy (non-hydrogen) atoms. The third-order valence-electron chi connectivity index (χ3n) is 5.65. The van der Waals surface area contributed by atoms with Crippen molar-refractivity contribution in [1.82, 2.24) is 9.69 Å². The Balaban J connectivity index is 1.78. The number of carbonyl (C=O) groups excluding carboxylic acids is 3. The third-order valence-corrected chi connectivity index (χ3v) is 6.50. The zero-order valence-electron chi connectivity index (χ0n) is 18.7. The molecule has 6 N–H and O–H groups in total. The minimum atomic E-state index is -1.12. The number of nitrogens with zero attached hydrogens (tertiary/aromatic N) is 2. The molecule has 0 saturated carbocycles. The van der Waals surface area contributed by atoms with Crippen LogP contribution in [0.4, 0.5) is 11.4 Å². The number of para-hydroxylation sites is 1. The smallest absolute Gasteiger partial charge is 0.273 e. The van der Waals surface area contributed by atoms with Gasteiger partial charge in [-0.05, 0) is 54.2 Å². The maximum Gasteiger partial charge on any atom is 0.273 e. The number of nitrogens with one attached hydrogen (secondary N) is 1. The largest absolute Gasteiger partial charge is 0.508 e. The van der Waals surface area contributed by atoms with Crippen LogP contribution >= 0.6 is 11.5 Å². The second kappa shape index (κ2) is 10.5. The van der Waals surface area contributed by atoms with Crippen molar-refractivity contribution in [3.05, 3.63) is 70.7 Å². The molecule has 3 amide bonds. The van der Waals surface area contributed by atoms with E-state index >= 15 is 0 Å². The van der Waals surface area contributed by atoms with E-state index in [0.29, 0.717) is 24.4 Å². The minimum absolute atomic E-state index is 0.0154. The number of aromatic hydroxyl groups is 1. The summed E-state index contributed by atoms with van der Waals surface area (Å²) in [6, 6.07) is 13.5. The number of carbonyl (C=O) groups is 3. The Morgan fingerprint density at radius 3 is 2.49 bits per heavy atom. The molecule has 0 unspecified atom stereocenters. The fourth-order valence-electron chi connectivity index (χ4n) is 3.90. The highest BCUT2D eigenvalue weighted by Gasteiger charge is 2.36. The van der Waals surface area contributed by atoms with E-state index in [1.165, 1.54) is 17.0 Å². The first-order valence-electron chi connectivity index (χ1n) is 11.0. The number of phenols is 1. The van der Waals surface area contributed by atoms with Gasteiger partial charge in [0.1, 0.15) is 16.7 Å². The average molecular weight is 496 g/mol. The monoisotopic (exact) mass is 495 g/mol. The lowest BCUT2D eigenvalue weighted by Crippen LogP contribution is -2.45. The second-order valence-corrected chi connectivity index (χ2v) is 8.80. The summed E-state index contributed by atoms with van der Waals surface area (Å²) in [7, 11) is 0. The number of hydrogen-bond donors (Lipinski definition) is 4. The Labute approximate surface area is 205 Å². The molecule has 0 spiro atoms. The molecule has 0 bridgehead atoms. The number of hydrogen-bond acceptors (Lipinski definition) is 8. The van der Waals surface area contributed by atoms with Crippen molar-refractivity contribution >= 4 is 40.6 Å². The molecular weight excluding hydrogens is 470 g/mol. The average Bonchev–Trinajstić information content (AvgIpc) is 3.51. The molecule has 1 saturated heterocycles. The molecule has 2 heterocycles. The summed E-state index contributed by atoms with van der Waals surface area (Å²) in [6.45, 7) is 0.933. The van der Waals surface area contributed by atoms with Crippen LogP contribution in [0.2, 0.25) is 0 Å². The van der Waals surface area contributed by atoms with E-state index in [1.807, 2.05) is 0 Å². The highest BCUT2D eigenvalue weighted by molar-refractivity contribution is 7.09. The molecule has 1 aromatic heterocycles. The predicted octanol–water partition coefficient (Wildman–Crippen LogP) is 2.21. The highest BCUT2D eigenvalue weighted by Crippen LogP contribution is 2.33. The third kappa shape index (κ3) is 5.26. The topological polar surface area (TPSA) is 161 Å². The molecule has 10 nitrogen and oxygen atoms in total. The van der Waals surface area contributed by atoms with Gasteiger partial charge in [-0.1, -0.05) is 30.3 Å². The number of rotatable bonds is 8. The van der Waals surface area contributed by atoms with Gasteiger partial charge in [-0.3, -0.25) is 19.3 Å². The number of ether oxygens (including phenoxy) is 1. The van der Waals surface area contributed by atoms with Crippen LogP contribution in [-0.2, 0) is 9.53 Å². The van der Waals surface area contributed by atoms with Gasteiger partial charge in [-0.25, -0.2) is 0 Å². The maximum atomic E-state index is 13.9. The van der Waals surface area contributed by atoms with Gasteiger partial charge in [0.25, 0.3) is 11.8 Å². The van der Waals surface area contributed by atoms with Crippen LogP contribution in [0.15, 0.2) is 54.6 Å². The van der Waals surface area contributed by atoms with Gasteiger partial charge in [0.2, 0.25) is 5.91 Å². The first-order chi connectivity index (χ1) is 16.9. The van der Waals surface area contributed by atoms with E-state index in [4.69, 9.17) is 16.2 Å². The molecule has 3 aromatic rings. The molecule has 0 aliphatic carbocycles. The lowest BCUT2D eigenvalue weighted by molar-refractivity contribution is -0.123. The Bertz CT molecular complexity index is 1210. The first kappa shape index (κ1) is 24.2. The van der Waals surface area contributed by atoms with Gasteiger partial charge in [-0.15, -0.1) is 0 Å². The number of phenolic OH excluding ortho intramolecular Hbond substituents is 1. The fraction of sp³-hybridized carbons (Fsp3) is 0.250. The minimum Gasteiger partial charge on any atom is -0.508 e. The molecule has 2 atom stereocenters. The summed E-state index contributed by atoms with van der Waals surface area (Å²) in [5.74, 6) is -1.90. The molecule has 11 heteroatoms. The van der Waals surface area contributed by atoms with Crippen LogP contribution < -0.4 is 21.7 Å². The summed E-state index contributed by atoms with van der Waals surface area (Å²) in [4.78, 5) is 40.4. The zero-order chi connectivity index (χ0) is 24.9. The van der Waals surface area contributed by atoms with E-state index in [0.717, 1.165) is 24.4 Å². The second-order valence-electron chi connectivity index (χ2n) is 8.02. The van der Waals surface area contributed by atoms with Crippen molar-refractivity contribution in [2.45, 2.75) is 25.0 Å². The van der Waals surface area contributed by atoms with Gasteiger partial charge >= 0.3 is 0 Å². The zero-order valence-corrected chi connectivity index (χ0v) is 19.5. The van der Waals surface area contributed by atoms with E-state index in [9.17, 15) is 19.5 Å². The van der Waals surface area contributed by atoms with Crippen LogP contribution in [0.25, 0.3) is 0 Å². The number of benzene rings is 2. The van der Waals surface area contributed by atoms with Gasteiger partial charge in [0, 0.05) is 18.8 Å². The Hall–Kier alpha value is -3.96. The number of nitrogens with two attached hydrogens (primary N) is 2. The molecule has 1 aliphatic heterocycles. The van der Waals surface area contributed by atoms with Crippen LogP contribution in [-0.4, -0.2) is 46.5 Å². The number of primary amides is 1. The van der Waals surface area contributed by atoms with E-state index in [2.05, 4.69) is 9.69 Å². The van der Waals surface area contributed by atoms with E-state index < -0.39 is 23.8 Å². The van der Waals surface area contributed by atoms with Crippen molar-refractivity contribution in [2.24, 2.45) is 5.73 Å². The standard InChI is InChI=1S/C24H25N5O5S/c25-18-19(22(26)31)28-35-21(18)24(33)29(15-5-2-1-3-6-15)20(14-8-10-16(30)11-9-14)23(32)27-13-17-7-4-12-34-17/h1-3,5-6,8-11,17,20,30H,4,7,12-13,25H2,(H2,26,31)(H,27,32)/t17-,20+/m1/s1. The van der Waals surface area contributed by atoms with Gasteiger partial charge in [-0.2, -0.15) is 4.37 Å². The lowest BCUT2D eigenvalue weighted by Gasteiger charge is -2.31. The molecule has 182 valence electrons. The van der Waals surface area contributed by atoms with Crippen LogP contribution in [0.5, 0.6) is 5.75 Å². The van der Waals surface area contributed by atoms with Gasteiger partial charge in [0.15, 0.2) is 5.69 Å². The number of anilines is 2. The summed E-state index contributed by atoms with van der Waals surface area (Å²) < 4.78 is 9.55. The van der Waals surface area contributed by atoms with Crippen LogP contribution in [0, 0.1) is 0 Å². The molecule has 0 radical (unpaired) electrons. The predicted molar refractivity (Wildman–Crippen MR) is 131 cm³/mol. The summed E-state index contributed by atoms with van der Waals surface area (Å²) >= 11 is 0.737. The Morgan fingerprint density at radius 2 is 1.89 bits per heavy atom. The highest BCUT2D eigenvalue weighted by atomic mass is 32.1. The van der Waals surface area contributed by atoms with E-state index in [-0.39, 0.29) is 28.1 Å². The Morgan fingerprint density at radius 1 is 1.17 bits per heavy atom. The number of aromatic nitrogens is 1. The number of amides is 3. The van der Waals surface area contributed by atoms with Gasteiger partial charge in [0.05, 0.1) is 11.8 Å². The first-order valence-corrected chi connectivity index (χ1v) is 11.8. The van der Waals surface area contributed by atoms with Crippen molar-refractivity contribution in [3.8, 4) is 5.75 Å². The molecule has 1 fully saturated rings. The lowest BCUT2D eigenvalue weighted by atomic mass is 10.0. The van der Waals surface area contributed by atoms with Crippen molar-refractivity contribution in [3.63, 3.8) is 0 Å². The van der Waals surface area contributed by atoms with Crippen LogP contribution in [0.1, 0.15) is 44.6 Å². The maximum absolute atomic E-state index is 13.9. The van der Waals surface area contributed by atoms with Crippen molar-refractivity contribution < 1.29 is 24.2 Å². The van der Waals surface area contributed by atoms with E-state index in [1.54, 1.807) is 42.5 Å². The molecule has 2 aromatic carbocycles. The summed E-state index contributed by atoms with van der Waals surface area (Å²) in [6.07, 6.45) is 1.65. The quantitative estimate of drug-likeness (QED) is 0.372. The SMILES string of the molecule is NC(=O)c1nsc(C(=O)N(c2ccccc2)[C@H](C(=O)NC[C@H]2CCCO2)c2ccc(O)cc2)c1N. The summed E-state index contributed by atoms with van der Waals surface area (Å²) in [5.41, 5.74) is 11.9. The number of nitrogen functional groups attached to an aromatic ring is 1. The van der Waals surface area contributed by atoms with Crippen molar-refractivity contribution in [1.29, 1.82) is 0 Å². The summed E-state index contributed by atoms with van der Waals surface area (Å²) in [5, 5.41) is 12.7. The fourth-order valence-corrected chi connectivity index (χ4v) is 4.64. The van der Waals surface area contributed by atoms with Gasteiger partial charge < -0.3 is 26.6 Å². The normalized spacial score (nSPS) is 15.9. The van der Waals surface area contributed by atoms with Crippen molar-refractivity contribution in [2.75, 3.05) is 23.8 Å². The molecule has 4 rings (SSSR count).